The monoisotopic (exact) mass is 634 g/mol. The van der Waals surface area contributed by atoms with Gasteiger partial charge in [-0.05, 0) is 53.6 Å². The number of para-hydroxylation sites is 2. The number of Topliss-reactive ketones (excluding diaryl/α,β-unsaturated/α-hetero) is 2. The first-order chi connectivity index (χ1) is 20.9. The van der Waals surface area contributed by atoms with Crippen LogP contribution >= 0.6 is 15.9 Å². The third-order valence-corrected chi connectivity index (χ3v) is 9.42. The molecule has 1 amide bonds. The van der Waals surface area contributed by atoms with Gasteiger partial charge in [-0.15, -0.1) is 0 Å². The molecule has 7 rings (SSSR count). The van der Waals surface area contributed by atoms with E-state index in [9.17, 15) is 9.59 Å². The third kappa shape index (κ3) is 3.89. The van der Waals surface area contributed by atoms with Crippen LogP contribution in [0.2, 0.25) is 0 Å². The van der Waals surface area contributed by atoms with Gasteiger partial charge in [-0.25, -0.2) is 0 Å². The number of benzene rings is 4. The van der Waals surface area contributed by atoms with Crippen molar-refractivity contribution in [2.45, 2.75) is 17.5 Å². The number of hydrogen-bond acceptors (Lipinski definition) is 6. The average Bonchev–Trinajstić information content (AvgIpc) is 3.52. The second-order valence-electron chi connectivity index (χ2n) is 10.9. The Bertz CT molecular complexity index is 1830. The van der Waals surface area contributed by atoms with Gasteiger partial charge in [0.15, 0.2) is 11.6 Å². The molecule has 3 heterocycles. The van der Waals surface area contributed by atoms with Crippen LogP contribution in [0.5, 0.6) is 11.5 Å². The Labute approximate surface area is 257 Å². The summed E-state index contributed by atoms with van der Waals surface area (Å²) >= 11 is 3.46. The molecule has 214 valence electrons. The summed E-state index contributed by atoms with van der Waals surface area (Å²) in [6.45, 7) is 0. The lowest BCUT2D eigenvalue weighted by Gasteiger charge is -2.37. The Kier molecular flexibility index (Phi) is 6.47. The SMILES string of the molecule is COc1ccc(OC)c(C(=O)[C@H]2[C@@H](C(=O)c3ccc(Br)cc3)N3c4ccccc4C=C[C@@H]3[C@]23C(=O)Nc2ccccc23)c1. The number of nitrogens with zero attached hydrogens (tertiary/aromatic N) is 1. The van der Waals surface area contributed by atoms with Crippen molar-refractivity contribution in [3.63, 3.8) is 0 Å². The minimum absolute atomic E-state index is 0.245. The molecule has 7 nitrogen and oxygen atoms in total. The van der Waals surface area contributed by atoms with Gasteiger partial charge in [0, 0.05) is 21.4 Å². The van der Waals surface area contributed by atoms with Gasteiger partial charge in [-0.1, -0.05) is 76.6 Å². The van der Waals surface area contributed by atoms with E-state index in [1.165, 1.54) is 14.2 Å². The summed E-state index contributed by atoms with van der Waals surface area (Å²) in [5.41, 5.74) is 2.28. The summed E-state index contributed by atoms with van der Waals surface area (Å²) in [6, 6.07) is 25.7. The molecule has 1 N–H and O–H groups in total. The maximum absolute atomic E-state index is 15.1. The first-order valence-electron chi connectivity index (χ1n) is 13.9. The minimum Gasteiger partial charge on any atom is -0.497 e. The maximum Gasteiger partial charge on any atom is 0.238 e. The van der Waals surface area contributed by atoms with Crippen LogP contribution in [-0.2, 0) is 10.2 Å². The Balaban J connectivity index is 1.55. The van der Waals surface area contributed by atoms with E-state index in [-0.39, 0.29) is 23.0 Å². The number of methoxy groups -OCH3 is 2. The smallest absolute Gasteiger partial charge is 0.238 e. The molecule has 3 aliphatic rings. The molecule has 4 aromatic carbocycles. The molecule has 0 saturated carbocycles. The fraction of sp³-hybridized carbons (Fsp3) is 0.171. The molecule has 8 heteroatoms. The molecule has 0 bridgehead atoms. The Morgan fingerprint density at radius 1 is 0.884 bits per heavy atom. The lowest BCUT2D eigenvalue weighted by molar-refractivity contribution is -0.121. The van der Waals surface area contributed by atoms with Crippen LogP contribution in [0.15, 0.2) is 102 Å². The summed E-state index contributed by atoms with van der Waals surface area (Å²) in [7, 11) is 3.02. The van der Waals surface area contributed by atoms with Crippen molar-refractivity contribution in [2.24, 2.45) is 5.92 Å². The van der Waals surface area contributed by atoms with Crippen molar-refractivity contribution in [1.29, 1.82) is 0 Å². The van der Waals surface area contributed by atoms with Crippen molar-refractivity contribution in [3.05, 3.63) is 124 Å². The van der Waals surface area contributed by atoms with Crippen LogP contribution in [0.25, 0.3) is 6.08 Å². The number of hydrogen-bond donors (Lipinski definition) is 1. The number of fused-ring (bicyclic) bond motifs is 6. The zero-order valence-corrected chi connectivity index (χ0v) is 25.0. The number of amides is 1. The van der Waals surface area contributed by atoms with E-state index in [4.69, 9.17) is 9.47 Å². The van der Waals surface area contributed by atoms with Gasteiger partial charge in [0.1, 0.15) is 23.0 Å². The Morgan fingerprint density at radius 2 is 1.63 bits per heavy atom. The standard InChI is InChI=1S/C35H27BrN2O5/c1-42-23-16-17-28(43-2)24(19-23)33(40)30-31(32(39)21-11-14-22(36)15-12-21)38-27-10-6-3-7-20(27)13-18-29(38)35(30)25-8-4-5-9-26(25)37-34(35)41/h3-19,29-31H,1-2H3,(H,37,41)/t29-,30-,31+,35+/m1/s1. The molecule has 0 radical (unpaired) electrons. The number of nitrogens with one attached hydrogen (secondary N) is 1. The van der Waals surface area contributed by atoms with Gasteiger partial charge >= 0.3 is 0 Å². The van der Waals surface area contributed by atoms with E-state index in [1.54, 1.807) is 42.5 Å². The van der Waals surface area contributed by atoms with Crippen LogP contribution < -0.4 is 19.7 Å². The number of rotatable bonds is 6. The molecular weight excluding hydrogens is 608 g/mol. The van der Waals surface area contributed by atoms with E-state index in [0.29, 0.717) is 28.3 Å². The molecule has 43 heavy (non-hydrogen) atoms. The van der Waals surface area contributed by atoms with E-state index >= 15 is 4.79 Å². The zero-order chi connectivity index (χ0) is 29.9. The summed E-state index contributed by atoms with van der Waals surface area (Å²) in [5.74, 6) is -1.27. The molecule has 0 aromatic heterocycles. The summed E-state index contributed by atoms with van der Waals surface area (Å²) in [5, 5.41) is 3.06. The predicted molar refractivity (Wildman–Crippen MR) is 168 cm³/mol. The molecule has 1 spiro atoms. The lowest BCUT2D eigenvalue weighted by atomic mass is 9.64. The molecule has 1 fully saturated rings. The minimum atomic E-state index is -1.42. The number of halogens is 1. The molecule has 4 aromatic rings. The average molecular weight is 636 g/mol. The van der Waals surface area contributed by atoms with E-state index < -0.39 is 23.4 Å². The first kappa shape index (κ1) is 27.2. The summed E-state index contributed by atoms with van der Waals surface area (Å²) in [4.78, 5) is 46.4. The normalized spacial score (nSPS) is 22.9. The van der Waals surface area contributed by atoms with Gasteiger partial charge < -0.3 is 19.7 Å². The fourth-order valence-electron chi connectivity index (χ4n) is 7.08. The second kappa shape index (κ2) is 10.2. The largest absolute Gasteiger partial charge is 0.497 e. The van der Waals surface area contributed by atoms with Crippen molar-refractivity contribution < 1.29 is 23.9 Å². The number of ether oxygens (including phenoxy) is 2. The molecule has 4 atom stereocenters. The highest BCUT2D eigenvalue weighted by molar-refractivity contribution is 9.10. The van der Waals surface area contributed by atoms with Gasteiger partial charge in [0.25, 0.3) is 0 Å². The Hall–Kier alpha value is -4.69. The highest BCUT2D eigenvalue weighted by Gasteiger charge is 2.70. The van der Waals surface area contributed by atoms with Crippen molar-refractivity contribution in [2.75, 3.05) is 24.4 Å². The third-order valence-electron chi connectivity index (χ3n) is 8.89. The summed E-state index contributed by atoms with van der Waals surface area (Å²) < 4.78 is 12.0. The topological polar surface area (TPSA) is 84.9 Å². The van der Waals surface area contributed by atoms with E-state index in [2.05, 4.69) is 21.2 Å². The fourth-order valence-corrected chi connectivity index (χ4v) is 7.34. The number of anilines is 2. The molecule has 0 unspecified atom stereocenters. The highest BCUT2D eigenvalue weighted by Crippen LogP contribution is 2.58. The highest BCUT2D eigenvalue weighted by atomic mass is 79.9. The first-order valence-corrected chi connectivity index (χ1v) is 14.7. The van der Waals surface area contributed by atoms with Crippen molar-refractivity contribution >= 4 is 50.9 Å². The number of carbonyl (C=O) groups excluding carboxylic acids is 3. The van der Waals surface area contributed by atoms with E-state index in [0.717, 1.165) is 15.7 Å². The zero-order valence-electron chi connectivity index (χ0n) is 23.4. The van der Waals surface area contributed by atoms with Crippen LogP contribution in [0.3, 0.4) is 0 Å². The van der Waals surface area contributed by atoms with Gasteiger partial charge in [0.05, 0.1) is 31.7 Å². The van der Waals surface area contributed by atoms with Crippen LogP contribution in [-0.4, -0.2) is 43.8 Å². The van der Waals surface area contributed by atoms with Gasteiger partial charge in [-0.2, -0.15) is 0 Å². The lowest BCUT2D eigenvalue weighted by Crippen LogP contribution is -2.51. The molecule has 0 aliphatic carbocycles. The maximum atomic E-state index is 15.1. The van der Waals surface area contributed by atoms with Crippen LogP contribution in [0.4, 0.5) is 11.4 Å². The predicted octanol–water partition coefficient (Wildman–Crippen LogP) is 6.32. The Morgan fingerprint density at radius 3 is 2.40 bits per heavy atom. The number of carbonyl (C=O) groups is 3. The van der Waals surface area contributed by atoms with Crippen LogP contribution in [0, 0.1) is 5.92 Å². The van der Waals surface area contributed by atoms with Gasteiger partial charge in [0.2, 0.25) is 5.91 Å². The molecule has 3 aliphatic heterocycles. The molecule has 1 saturated heterocycles. The second-order valence-corrected chi connectivity index (χ2v) is 11.8. The van der Waals surface area contributed by atoms with Crippen molar-refractivity contribution in [1.82, 2.24) is 0 Å². The number of ketones is 2. The quantitative estimate of drug-likeness (QED) is 0.250. The van der Waals surface area contributed by atoms with Gasteiger partial charge in [-0.3, -0.25) is 14.4 Å². The van der Waals surface area contributed by atoms with Crippen molar-refractivity contribution in [3.8, 4) is 11.5 Å². The molecular formula is C35H27BrN2O5. The summed E-state index contributed by atoms with van der Waals surface area (Å²) in [6.07, 6.45) is 3.94. The van der Waals surface area contributed by atoms with E-state index in [1.807, 2.05) is 65.6 Å². The van der Waals surface area contributed by atoms with Crippen LogP contribution in [0.1, 0.15) is 31.8 Å².